The lowest BCUT2D eigenvalue weighted by Gasteiger charge is -2.55. The van der Waals surface area contributed by atoms with Crippen LogP contribution in [0.15, 0.2) is 24.4 Å². The third-order valence-electron chi connectivity index (χ3n) is 7.58. The molecule has 2 fully saturated rings. The number of benzene rings is 1. The lowest BCUT2D eigenvalue weighted by atomic mass is 9.68. The van der Waals surface area contributed by atoms with E-state index in [0.717, 1.165) is 63.3 Å². The Morgan fingerprint density at radius 3 is 2.78 bits per heavy atom. The summed E-state index contributed by atoms with van der Waals surface area (Å²) in [6, 6.07) is 3.72. The van der Waals surface area contributed by atoms with Gasteiger partial charge in [-0.2, -0.15) is 0 Å². The number of hydrogen-bond acceptors (Lipinski definition) is 6. The number of anilines is 1. The molecule has 4 rings (SSSR count). The number of aliphatic hydroxyl groups excluding tert-OH is 1. The second kappa shape index (κ2) is 12.3. The van der Waals surface area contributed by atoms with Crippen LogP contribution < -0.4 is 10.6 Å². The predicted molar refractivity (Wildman–Crippen MR) is 138 cm³/mol. The van der Waals surface area contributed by atoms with Crippen molar-refractivity contribution in [2.75, 3.05) is 11.9 Å². The first-order chi connectivity index (χ1) is 17.8. The van der Waals surface area contributed by atoms with Gasteiger partial charge in [0.05, 0.1) is 16.9 Å². The topological polar surface area (TPSA) is 112 Å². The highest BCUT2D eigenvalue weighted by Crippen LogP contribution is 2.45. The average molecular weight is 535 g/mol. The van der Waals surface area contributed by atoms with Gasteiger partial charge in [-0.15, -0.1) is 5.10 Å². The third-order valence-corrected chi connectivity index (χ3v) is 7.89. The van der Waals surface area contributed by atoms with Crippen molar-refractivity contribution in [3.05, 3.63) is 40.9 Å². The number of unbranched alkanes of at least 4 members (excludes halogenated alkanes) is 3. The summed E-state index contributed by atoms with van der Waals surface area (Å²) in [7, 11) is 0. The zero-order chi connectivity index (χ0) is 26.4. The van der Waals surface area contributed by atoms with E-state index in [9.17, 15) is 19.1 Å². The highest BCUT2D eigenvalue weighted by molar-refractivity contribution is 6.39. The minimum Gasteiger partial charge on any atom is -0.372 e. The van der Waals surface area contributed by atoms with Crippen LogP contribution in [0.4, 0.5) is 10.1 Å². The number of likely N-dealkylation sites (tertiary alicyclic amines) is 1. The minimum absolute atomic E-state index is 0.0471. The Morgan fingerprint density at radius 1 is 1.27 bits per heavy atom. The molecule has 2 aliphatic rings. The zero-order valence-electron chi connectivity index (χ0n) is 21.3. The molecular weight excluding hydrogens is 499 g/mol. The van der Waals surface area contributed by atoms with E-state index in [1.807, 2.05) is 6.20 Å². The predicted octanol–water partition coefficient (Wildman–Crippen LogP) is 4.17. The summed E-state index contributed by atoms with van der Waals surface area (Å²) in [6.45, 7) is 3.54. The summed E-state index contributed by atoms with van der Waals surface area (Å²) < 4.78 is 15.2. The molecule has 1 aromatic carbocycles. The monoisotopic (exact) mass is 534 g/mol. The minimum atomic E-state index is -0.836. The van der Waals surface area contributed by atoms with Crippen LogP contribution in [0, 0.1) is 5.82 Å². The number of aromatic nitrogens is 3. The van der Waals surface area contributed by atoms with Crippen LogP contribution in [0.3, 0.4) is 0 Å². The fourth-order valence-corrected chi connectivity index (χ4v) is 5.46. The van der Waals surface area contributed by atoms with Crippen molar-refractivity contribution < 1.29 is 19.1 Å². The van der Waals surface area contributed by atoms with Crippen LogP contribution in [0.2, 0.25) is 5.02 Å². The van der Waals surface area contributed by atoms with Gasteiger partial charge in [0.15, 0.2) is 0 Å². The van der Waals surface area contributed by atoms with Gasteiger partial charge in [-0.05, 0) is 63.1 Å². The summed E-state index contributed by atoms with van der Waals surface area (Å²) >= 11 is 5.67. The first-order valence-electron chi connectivity index (χ1n) is 13.2. The summed E-state index contributed by atoms with van der Waals surface area (Å²) in [5.41, 5.74) is 0.941. The van der Waals surface area contributed by atoms with Crippen molar-refractivity contribution >= 4 is 29.1 Å². The van der Waals surface area contributed by atoms with Gasteiger partial charge in [-0.25, -0.2) is 9.07 Å². The molecule has 202 valence electrons. The summed E-state index contributed by atoms with van der Waals surface area (Å²) in [4.78, 5) is 27.3. The SMILES string of the molecule is CCCCCCC(O)n1cc(CN2CCC(NC(=O)C(=O)Nc3ccc(Cl)c(F)c3)CC23CCC3)nn1. The summed E-state index contributed by atoms with van der Waals surface area (Å²) in [5, 5.41) is 24.1. The number of carbonyl (C=O) groups excluding carboxylic acids is 2. The van der Waals surface area contributed by atoms with E-state index in [1.165, 1.54) is 18.6 Å². The van der Waals surface area contributed by atoms with Crippen LogP contribution in [-0.4, -0.2) is 54.9 Å². The molecule has 3 N–H and O–H groups in total. The molecule has 37 heavy (non-hydrogen) atoms. The Balaban J connectivity index is 1.29. The summed E-state index contributed by atoms with van der Waals surface area (Å²) in [6.07, 6.45) is 10.8. The third kappa shape index (κ3) is 6.86. The molecule has 0 bridgehead atoms. The molecule has 2 heterocycles. The van der Waals surface area contributed by atoms with E-state index >= 15 is 0 Å². The standard InChI is InChI=1S/C26H36ClFN6O3/c1-2-3-4-5-7-23(35)34-17-20(31-32-34)16-33-13-10-19(15-26(33)11-6-12-26)30-25(37)24(36)29-18-8-9-21(27)22(28)14-18/h8-9,14,17,19,23,35H,2-7,10-13,15-16H2,1H3,(H,29,36)(H,30,37). The van der Waals surface area contributed by atoms with Crippen LogP contribution >= 0.6 is 11.6 Å². The second-order valence-electron chi connectivity index (χ2n) is 10.3. The molecule has 2 atom stereocenters. The van der Waals surface area contributed by atoms with Crippen molar-refractivity contribution in [3.8, 4) is 0 Å². The number of nitrogens with zero attached hydrogens (tertiary/aromatic N) is 4. The highest BCUT2D eigenvalue weighted by atomic mass is 35.5. The van der Waals surface area contributed by atoms with E-state index in [0.29, 0.717) is 19.4 Å². The maximum absolute atomic E-state index is 13.6. The molecule has 9 nitrogen and oxygen atoms in total. The lowest BCUT2D eigenvalue weighted by molar-refractivity contribution is -0.137. The van der Waals surface area contributed by atoms with Gasteiger partial charge < -0.3 is 15.7 Å². The van der Waals surface area contributed by atoms with E-state index in [4.69, 9.17) is 11.6 Å². The average Bonchev–Trinajstić information content (AvgIpc) is 3.32. The van der Waals surface area contributed by atoms with E-state index in [2.05, 4.69) is 32.8 Å². The fourth-order valence-electron chi connectivity index (χ4n) is 5.34. The Hall–Kier alpha value is -2.56. The molecule has 1 aromatic heterocycles. The van der Waals surface area contributed by atoms with Gasteiger partial charge in [0.25, 0.3) is 0 Å². The molecule has 1 spiro atoms. The highest BCUT2D eigenvalue weighted by Gasteiger charge is 2.47. The lowest BCUT2D eigenvalue weighted by Crippen LogP contribution is -2.61. The fraction of sp³-hybridized carbons (Fsp3) is 0.615. The van der Waals surface area contributed by atoms with Crippen LogP contribution in [0.1, 0.15) is 83.1 Å². The molecule has 0 radical (unpaired) electrons. The van der Waals surface area contributed by atoms with Crippen molar-refractivity contribution in [3.63, 3.8) is 0 Å². The maximum atomic E-state index is 13.6. The quantitative estimate of drug-likeness (QED) is 0.311. The van der Waals surface area contributed by atoms with Gasteiger partial charge in [0.1, 0.15) is 12.0 Å². The largest absolute Gasteiger partial charge is 0.372 e. The van der Waals surface area contributed by atoms with Gasteiger partial charge >= 0.3 is 11.8 Å². The van der Waals surface area contributed by atoms with E-state index in [1.54, 1.807) is 4.68 Å². The number of rotatable bonds is 10. The number of aliphatic hydroxyl groups is 1. The van der Waals surface area contributed by atoms with Crippen molar-refractivity contribution in [2.45, 2.75) is 95.5 Å². The van der Waals surface area contributed by atoms with Gasteiger partial charge in [-0.3, -0.25) is 14.5 Å². The molecule has 1 saturated carbocycles. The van der Waals surface area contributed by atoms with E-state index in [-0.39, 0.29) is 22.3 Å². The molecule has 2 amide bonds. The number of piperidine rings is 1. The summed E-state index contributed by atoms with van der Waals surface area (Å²) in [5.74, 6) is -2.24. The van der Waals surface area contributed by atoms with Crippen molar-refractivity contribution in [2.24, 2.45) is 0 Å². The Labute approximate surface area is 221 Å². The molecule has 1 aliphatic heterocycles. The molecular formula is C26H36ClFN6O3. The molecule has 2 aromatic rings. The van der Waals surface area contributed by atoms with Gasteiger partial charge in [0, 0.05) is 30.4 Å². The Kier molecular flexibility index (Phi) is 9.15. The smallest absolute Gasteiger partial charge is 0.313 e. The Morgan fingerprint density at radius 2 is 2.08 bits per heavy atom. The zero-order valence-corrected chi connectivity index (χ0v) is 22.0. The number of carbonyl (C=O) groups is 2. The molecule has 1 saturated heterocycles. The van der Waals surface area contributed by atoms with Crippen LogP contribution in [0.25, 0.3) is 0 Å². The van der Waals surface area contributed by atoms with E-state index < -0.39 is 23.9 Å². The second-order valence-corrected chi connectivity index (χ2v) is 10.7. The van der Waals surface area contributed by atoms with Gasteiger partial charge in [0.2, 0.25) is 0 Å². The first kappa shape index (κ1) is 27.5. The van der Waals surface area contributed by atoms with Crippen LogP contribution in [0.5, 0.6) is 0 Å². The van der Waals surface area contributed by atoms with Crippen molar-refractivity contribution in [1.82, 2.24) is 25.2 Å². The Bertz CT molecular complexity index is 1090. The van der Waals surface area contributed by atoms with Crippen LogP contribution in [-0.2, 0) is 16.1 Å². The normalized spacial score (nSPS) is 19.8. The number of amides is 2. The maximum Gasteiger partial charge on any atom is 0.313 e. The molecule has 1 aliphatic carbocycles. The number of hydrogen-bond donors (Lipinski definition) is 3. The van der Waals surface area contributed by atoms with Gasteiger partial charge in [-0.1, -0.05) is 43.0 Å². The van der Waals surface area contributed by atoms with Crippen molar-refractivity contribution in [1.29, 1.82) is 0 Å². The molecule has 2 unspecified atom stereocenters. The number of nitrogens with one attached hydrogen (secondary N) is 2. The molecule has 11 heteroatoms. The number of halogens is 2. The first-order valence-corrected chi connectivity index (χ1v) is 13.6.